The van der Waals surface area contributed by atoms with Crippen molar-refractivity contribution >= 4 is 5.97 Å². The maximum atomic E-state index is 10.9. The van der Waals surface area contributed by atoms with Crippen molar-refractivity contribution in [2.75, 3.05) is 26.3 Å². The molecule has 1 aliphatic heterocycles. The highest BCUT2D eigenvalue weighted by Gasteiger charge is 2.46. The lowest BCUT2D eigenvalue weighted by Gasteiger charge is -2.38. The second-order valence-electron chi connectivity index (χ2n) is 8.33. The van der Waals surface area contributed by atoms with Gasteiger partial charge in [-0.25, -0.2) is 0 Å². The minimum absolute atomic E-state index is 0.0216. The van der Waals surface area contributed by atoms with Gasteiger partial charge in [0.15, 0.2) is 0 Å². The van der Waals surface area contributed by atoms with Crippen molar-refractivity contribution in [1.29, 1.82) is 0 Å². The lowest BCUT2D eigenvalue weighted by Crippen LogP contribution is -2.50. The summed E-state index contributed by atoms with van der Waals surface area (Å²) in [6.07, 6.45) is 6.80. The monoisotopic (exact) mass is 417 g/mol. The van der Waals surface area contributed by atoms with Crippen LogP contribution < -0.4 is 0 Å². The molecule has 0 aromatic heterocycles. The Bertz CT molecular complexity index is 673. The Labute approximate surface area is 179 Å². The summed E-state index contributed by atoms with van der Waals surface area (Å²) < 4.78 is 12.0. The molecule has 1 saturated heterocycles. The van der Waals surface area contributed by atoms with Gasteiger partial charge in [0.05, 0.1) is 31.5 Å². The van der Waals surface area contributed by atoms with Gasteiger partial charge in [-0.3, -0.25) is 9.69 Å². The zero-order valence-corrected chi connectivity index (χ0v) is 17.9. The fraction of sp³-hybridized carbons (Fsp3) is 0.625. The first kappa shape index (κ1) is 22.9. The molecular formula is C24H35NO5. The molecule has 2 fully saturated rings. The van der Waals surface area contributed by atoms with Crippen LogP contribution in [0, 0.1) is 5.92 Å². The number of nitrogens with zero attached hydrogens (tertiary/aromatic N) is 1. The SMILES string of the molecule is CC(O[C@H]1C[C@@H](O)[C@H](N2CCOCC2)[C@H]1CC=CCCCC(=O)O)c1ccccc1. The van der Waals surface area contributed by atoms with Gasteiger partial charge in [0.25, 0.3) is 0 Å². The van der Waals surface area contributed by atoms with Crippen molar-refractivity contribution < 1.29 is 24.5 Å². The van der Waals surface area contributed by atoms with Gasteiger partial charge < -0.3 is 19.7 Å². The van der Waals surface area contributed by atoms with E-state index in [2.05, 4.69) is 36.1 Å². The number of carboxylic acids is 1. The number of carboxylic acid groups (broad SMARTS) is 1. The average molecular weight is 418 g/mol. The van der Waals surface area contributed by atoms with Crippen molar-refractivity contribution in [2.24, 2.45) is 5.92 Å². The Morgan fingerprint density at radius 2 is 2.00 bits per heavy atom. The molecule has 1 saturated carbocycles. The number of unbranched alkanes of at least 4 members (excludes halogenated alkanes) is 1. The number of carbonyl (C=O) groups is 1. The number of ether oxygens (including phenoxy) is 2. The van der Waals surface area contributed by atoms with Crippen LogP contribution in [-0.4, -0.2) is 65.6 Å². The summed E-state index contributed by atoms with van der Waals surface area (Å²) in [5, 5.41) is 19.7. The average Bonchev–Trinajstić information content (AvgIpc) is 3.06. The first-order valence-electron chi connectivity index (χ1n) is 11.1. The predicted octanol–water partition coefficient (Wildman–Crippen LogP) is 3.42. The standard InChI is InChI=1S/C24H35NO5/c1-18(19-9-5-4-6-10-19)30-22-17-21(26)24(25-13-15-29-16-14-25)20(22)11-7-2-3-8-12-23(27)28/h2,4-7,9-10,18,20-22,24,26H,3,8,11-17H2,1H3,(H,27,28)/t18?,20-,21+,22-,24+/m0/s1. The molecule has 6 nitrogen and oxygen atoms in total. The van der Waals surface area contributed by atoms with Crippen LogP contribution in [0.2, 0.25) is 0 Å². The molecule has 1 aliphatic carbocycles. The van der Waals surface area contributed by atoms with E-state index in [1.807, 2.05) is 18.2 Å². The molecule has 1 aromatic carbocycles. The van der Waals surface area contributed by atoms with Crippen LogP contribution in [0.25, 0.3) is 0 Å². The third-order valence-electron chi connectivity index (χ3n) is 6.24. The Balaban J connectivity index is 1.66. The van der Waals surface area contributed by atoms with Gasteiger partial charge in [-0.2, -0.15) is 0 Å². The van der Waals surface area contributed by atoms with Crippen molar-refractivity contribution in [3.05, 3.63) is 48.0 Å². The number of hydrogen-bond acceptors (Lipinski definition) is 5. The lowest BCUT2D eigenvalue weighted by molar-refractivity contribution is -0.137. The van der Waals surface area contributed by atoms with Crippen LogP contribution in [0.5, 0.6) is 0 Å². The fourth-order valence-corrected chi connectivity index (χ4v) is 4.70. The Kier molecular flexibility index (Phi) is 8.88. The second-order valence-corrected chi connectivity index (χ2v) is 8.33. The lowest BCUT2D eigenvalue weighted by atomic mass is 9.94. The summed E-state index contributed by atoms with van der Waals surface area (Å²) in [6.45, 7) is 5.14. The largest absolute Gasteiger partial charge is 0.481 e. The molecule has 0 spiro atoms. The number of aliphatic hydroxyl groups is 1. The molecule has 3 rings (SSSR count). The number of hydrogen-bond donors (Lipinski definition) is 2. The molecule has 0 radical (unpaired) electrons. The summed E-state index contributed by atoms with van der Waals surface area (Å²) in [5.74, 6) is -0.557. The van der Waals surface area contributed by atoms with Crippen LogP contribution in [0.15, 0.2) is 42.5 Å². The number of benzene rings is 1. The number of allylic oxidation sites excluding steroid dienone is 2. The quantitative estimate of drug-likeness (QED) is 0.449. The van der Waals surface area contributed by atoms with Crippen molar-refractivity contribution in [3.63, 3.8) is 0 Å². The van der Waals surface area contributed by atoms with Crippen LogP contribution in [0.1, 0.15) is 50.7 Å². The van der Waals surface area contributed by atoms with E-state index < -0.39 is 12.1 Å². The Morgan fingerprint density at radius 3 is 2.70 bits per heavy atom. The molecule has 2 aliphatic rings. The zero-order valence-electron chi connectivity index (χ0n) is 17.9. The number of aliphatic hydroxyl groups excluding tert-OH is 1. The molecule has 5 atom stereocenters. The van der Waals surface area contributed by atoms with Crippen molar-refractivity contribution in [1.82, 2.24) is 4.90 Å². The van der Waals surface area contributed by atoms with Crippen LogP contribution >= 0.6 is 0 Å². The molecular weight excluding hydrogens is 382 g/mol. The van der Waals surface area contributed by atoms with Gasteiger partial charge in [-0.05, 0) is 31.7 Å². The van der Waals surface area contributed by atoms with Gasteiger partial charge in [0.1, 0.15) is 0 Å². The molecule has 0 amide bonds. The van der Waals surface area contributed by atoms with E-state index in [4.69, 9.17) is 14.6 Å². The summed E-state index contributed by atoms with van der Waals surface area (Å²) in [5.41, 5.74) is 1.14. The first-order chi connectivity index (χ1) is 14.6. The summed E-state index contributed by atoms with van der Waals surface area (Å²) in [6, 6.07) is 10.3. The van der Waals surface area contributed by atoms with E-state index in [9.17, 15) is 9.90 Å². The molecule has 1 heterocycles. The minimum Gasteiger partial charge on any atom is -0.481 e. The van der Waals surface area contributed by atoms with E-state index in [0.29, 0.717) is 26.1 Å². The van der Waals surface area contributed by atoms with Gasteiger partial charge in [0.2, 0.25) is 0 Å². The first-order valence-corrected chi connectivity index (χ1v) is 11.1. The summed E-state index contributed by atoms with van der Waals surface area (Å²) in [4.78, 5) is 13.0. The van der Waals surface area contributed by atoms with E-state index in [-0.39, 0.29) is 30.6 Å². The van der Waals surface area contributed by atoms with Gasteiger partial charge in [-0.15, -0.1) is 0 Å². The highest BCUT2D eigenvalue weighted by molar-refractivity contribution is 5.66. The molecule has 6 heteroatoms. The Morgan fingerprint density at radius 1 is 1.27 bits per heavy atom. The second kappa shape index (κ2) is 11.6. The van der Waals surface area contributed by atoms with Gasteiger partial charge in [-0.1, -0.05) is 42.5 Å². The molecule has 30 heavy (non-hydrogen) atoms. The number of morpholine rings is 1. The van der Waals surface area contributed by atoms with Crippen molar-refractivity contribution in [3.8, 4) is 0 Å². The highest BCUT2D eigenvalue weighted by atomic mass is 16.5. The minimum atomic E-state index is -0.752. The van der Waals surface area contributed by atoms with E-state index >= 15 is 0 Å². The smallest absolute Gasteiger partial charge is 0.303 e. The molecule has 0 bridgehead atoms. The fourth-order valence-electron chi connectivity index (χ4n) is 4.70. The van der Waals surface area contributed by atoms with E-state index in [1.165, 1.54) is 0 Å². The molecule has 1 aromatic rings. The number of aliphatic carboxylic acids is 1. The molecule has 2 N–H and O–H groups in total. The van der Waals surface area contributed by atoms with E-state index in [0.717, 1.165) is 31.5 Å². The Hall–Kier alpha value is -1.73. The maximum absolute atomic E-state index is 10.9. The topological polar surface area (TPSA) is 79.2 Å². The molecule has 1 unspecified atom stereocenters. The number of rotatable bonds is 10. The third kappa shape index (κ3) is 6.38. The van der Waals surface area contributed by atoms with E-state index in [1.54, 1.807) is 0 Å². The third-order valence-corrected chi connectivity index (χ3v) is 6.24. The maximum Gasteiger partial charge on any atom is 0.303 e. The summed E-state index contributed by atoms with van der Waals surface area (Å²) >= 11 is 0. The predicted molar refractivity (Wildman–Crippen MR) is 115 cm³/mol. The summed E-state index contributed by atoms with van der Waals surface area (Å²) in [7, 11) is 0. The highest BCUT2D eigenvalue weighted by Crippen LogP contribution is 2.38. The van der Waals surface area contributed by atoms with Crippen LogP contribution in [-0.2, 0) is 14.3 Å². The van der Waals surface area contributed by atoms with Crippen LogP contribution in [0.3, 0.4) is 0 Å². The van der Waals surface area contributed by atoms with Crippen LogP contribution in [0.4, 0.5) is 0 Å². The zero-order chi connectivity index (χ0) is 21.3. The normalized spacial score (nSPS) is 28.7. The molecule has 166 valence electrons. The van der Waals surface area contributed by atoms with Crippen molar-refractivity contribution in [2.45, 2.75) is 63.4 Å². The van der Waals surface area contributed by atoms with Gasteiger partial charge >= 0.3 is 5.97 Å². The van der Waals surface area contributed by atoms with Gasteiger partial charge in [0, 0.05) is 37.9 Å².